The maximum absolute atomic E-state index is 11.9. The molecular formula is C21H22N2O5S. The van der Waals surface area contributed by atoms with E-state index in [1.807, 2.05) is 41.8 Å². The van der Waals surface area contributed by atoms with Gasteiger partial charge in [0.15, 0.2) is 16.6 Å². The van der Waals surface area contributed by atoms with Gasteiger partial charge < -0.3 is 24.3 Å². The topological polar surface area (TPSA) is 78.9 Å². The molecule has 1 heterocycles. The van der Waals surface area contributed by atoms with Crippen LogP contribution in [0.25, 0.3) is 0 Å². The highest BCUT2D eigenvalue weighted by molar-refractivity contribution is 7.13. The molecule has 1 N–H and O–H groups in total. The Hall–Kier alpha value is -3.26. The molecule has 3 aromatic rings. The molecule has 0 saturated carbocycles. The van der Waals surface area contributed by atoms with E-state index in [9.17, 15) is 4.79 Å². The first kappa shape index (κ1) is 20.5. The van der Waals surface area contributed by atoms with Crippen LogP contribution in [-0.2, 0) is 16.1 Å². The van der Waals surface area contributed by atoms with Gasteiger partial charge in [-0.3, -0.25) is 4.79 Å². The van der Waals surface area contributed by atoms with E-state index in [1.54, 1.807) is 26.4 Å². The highest BCUT2D eigenvalue weighted by Crippen LogP contribution is 2.26. The fourth-order valence-electron chi connectivity index (χ4n) is 2.44. The van der Waals surface area contributed by atoms with Crippen LogP contribution in [0, 0.1) is 0 Å². The van der Waals surface area contributed by atoms with Gasteiger partial charge in [-0.2, -0.15) is 0 Å². The lowest BCUT2D eigenvalue weighted by Gasteiger charge is -2.09. The minimum absolute atomic E-state index is 0.119. The molecule has 0 aliphatic carbocycles. The predicted molar refractivity (Wildman–Crippen MR) is 111 cm³/mol. The molecule has 0 radical (unpaired) electrons. The van der Waals surface area contributed by atoms with Gasteiger partial charge >= 0.3 is 5.97 Å². The van der Waals surface area contributed by atoms with Crippen LogP contribution in [0.3, 0.4) is 0 Å². The maximum Gasteiger partial charge on any atom is 0.309 e. The molecule has 1 aromatic heterocycles. The summed E-state index contributed by atoms with van der Waals surface area (Å²) in [5.41, 5.74) is 1.59. The molecule has 0 unspecified atom stereocenters. The molecular weight excluding hydrogens is 392 g/mol. The molecule has 7 nitrogen and oxygen atoms in total. The number of thiazole rings is 1. The Balaban J connectivity index is 1.41. The Kier molecular flexibility index (Phi) is 7.29. The van der Waals surface area contributed by atoms with Crippen molar-refractivity contribution in [2.45, 2.75) is 13.0 Å². The molecule has 0 saturated heterocycles. The number of anilines is 2. The van der Waals surface area contributed by atoms with Crippen molar-refractivity contribution in [3.63, 3.8) is 0 Å². The van der Waals surface area contributed by atoms with E-state index in [2.05, 4.69) is 10.3 Å². The zero-order valence-electron chi connectivity index (χ0n) is 16.2. The molecule has 0 aliphatic rings. The largest absolute Gasteiger partial charge is 0.497 e. The molecule has 152 valence electrons. The number of nitrogens with zero attached hydrogens (tertiary/aromatic N) is 1. The molecule has 0 fully saturated rings. The summed E-state index contributed by atoms with van der Waals surface area (Å²) in [4.78, 5) is 16.4. The molecule has 2 aromatic carbocycles. The lowest BCUT2D eigenvalue weighted by molar-refractivity contribution is -0.145. The van der Waals surface area contributed by atoms with E-state index in [4.69, 9.17) is 18.9 Å². The maximum atomic E-state index is 11.9. The Morgan fingerprint density at radius 1 is 1.03 bits per heavy atom. The number of aromatic nitrogens is 1. The van der Waals surface area contributed by atoms with Crippen molar-refractivity contribution in [3.05, 3.63) is 59.6 Å². The zero-order valence-corrected chi connectivity index (χ0v) is 17.0. The highest BCUT2D eigenvalue weighted by Gasteiger charge is 2.09. The van der Waals surface area contributed by atoms with Gasteiger partial charge in [0.2, 0.25) is 0 Å². The van der Waals surface area contributed by atoms with E-state index < -0.39 is 0 Å². The van der Waals surface area contributed by atoms with Crippen molar-refractivity contribution < 1.29 is 23.7 Å². The molecule has 0 spiro atoms. The Morgan fingerprint density at radius 3 is 2.52 bits per heavy atom. The Labute approximate surface area is 173 Å². The van der Waals surface area contributed by atoms with Crippen LogP contribution in [-0.4, -0.2) is 31.8 Å². The monoisotopic (exact) mass is 414 g/mol. The zero-order chi connectivity index (χ0) is 20.5. The van der Waals surface area contributed by atoms with Crippen molar-refractivity contribution in [2.75, 3.05) is 26.1 Å². The first-order valence-corrected chi connectivity index (χ1v) is 9.83. The van der Waals surface area contributed by atoms with Crippen LogP contribution in [0.5, 0.6) is 17.2 Å². The van der Waals surface area contributed by atoms with E-state index in [1.165, 1.54) is 11.3 Å². The second kappa shape index (κ2) is 10.3. The number of carbonyl (C=O) groups excluding carboxylic acids is 1. The first-order chi connectivity index (χ1) is 14.2. The van der Waals surface area contributed by atoms with E-state index >= 15 is 0 Å². The number of methoxy groups -OCH3 is 2. The number of esters is 1. The quantitative estimate of drug-likeness (QED) is 0.492. The number of hydrogen-bond acceptors (Lipinski definition) is 8. The Bertz CT molecular complexity index is 927. The smallest absolute Gasteiger partial charge is 0.309 e. The highest BCUT2D eigenvalue weighted by atomic mass is 32.1. The summed E-state index contributed by atoms with van der Waals surface area (Å²) >= 11 is 1.44. The first-order valence-electron chi connectivity index (χ1n) is 8.95. The van der Waals surface area contributed by atoms with Crippen LogP contribution in [0.2, 0.25) is 0 Å². The average molecular weight is 414 g/mol. The normalized spacial score (nSPS) is 10.3. The minimum atomic E-state index is -0.349. The SMILES string of the molecule is COc1ccc(Nc2nc(COC(=O)CCOc3ccccc3OC)cs2)cc1. The van der Waals surface area contributed by atoms with Gasteiger partial charge in [0.25, 0.3) is 0 Å². The van der Waals surface area contributed by atoms with E-state index in [0.29, 0.717) is 17.2 Å². The second-order valence-corrected chi connectivity index (χ2v) is 6.77. The molecule has 0 amide bonds. The third-order valence-electron chi connectivity index (χ3n) is 3.91. The molecule has 3 rings (SSSR count). The van der Waals surface area contributed by atoms with Crippen molar-refractivity contribution in [1.82, 2.24) is 4.98 Å². The number of ether oxygens (including phenoxy) is 4. The van der Waals surface area contributed by atoms with Gasteiger partial charge in [-0.25, -0.2) is 4.98 Å². The van der Waals surface area contributed by atoms with Crippen molar-refractivity contribution in [3.8, 4) is 17.2 Å². The number of rotatable bonds is 10. The second-order valence-electron chi connectivity index (χ2n) is 5.91. The van der Waals surface area contributed by atoms with Gasteiger partial charge in [-0.1, -0.05) is 12.1 Å². The summed E-state index contributed by atoms with van der Waals surface area (Å²) in [5.74, 6) is 1.66. The van der Waals surface area contributed by atoms with Gasteiger partial charge in [0.1, 0.15) is 12.4 Å². The summed E-state index contributed by atoms with van der Waals surface area (Å²) in [6, 6.07) is 14.8. The van der Waals surface area contributed by atoms with Crippen LogP contribution in [0.1, 0.15) is 12.1 Å². The fraction of sp³-hybridized carbons (Fsp3) is 0.238. The standard InChI is InChI=1S/C21H22N2O5S/c1-25-17-9-7-15(8-10-17)22-21-23-16(14-29-21)13-28-20(24)11-12-27-19-6-4-3-5-18(19)26-2/h3-10,14H,11-13H2,1-2H3,(H,22,23). The van der Waals surface area contributed by atoms with Crippen LogP contribution < -0.4 is 19.5 Å². The van der Waals surface area contributed by atoms with Gasteiger partial charge in [0.05, 0.1) is 32.9 Å². The molecule has 0 bridgehead atoms. The summed E-state index contributed by atoms with van der Waals surface area (Å²) < 4.78 is 21.2. The summed E-state index contributed by atoms with van der Waals surface area (Å²) in [6.07, 6.45) is 0.138. The third kappa shape index (κ3) is 6.11. The summed E-state index contributed by atoms with van der Waals surface area (Å²) in [5, 5.41) is 5.78. The molecule has 0 atom stereocenters. The van der Waals surface area contributed by atoms with Gasteiger partial charge in [0, 0.05) is 11.1 Å². The lowest BCUT2D eigenvalue weighted by atomic mass is 10.3. The number of para-hydroxylation sites is 2. The van der Waals surface area contributed by atoms with Crippen molar-refractivity contribution >= 4 is 28.1 Å². The average Bonchev–Trinajstić information content (AvgIpc) is 3.20. The number of benzene rings is 2. The van der Waals surface area contributed by atoms with Crippen LogP contribution in [0.4, 0.5) is 10.8 Å². The number of hydrogen-bond donors (Lipinski definition) is 1. The minimum Gasteiger partial charge on any atom is -0.497 e. The summed E-state index contributed by atoms with van der Waals surface area (Å²) in [6.45, 7) is 0.328. The number of carbonyl (C=O) groups is 1. The van der Waals surface area contributed by atoms with E-state index in [-0.39, 0.29) is 25.6 Å². The lowest BCUT2D eigenvalue weighted by Crippen LogP contribution is -2.10. The molecule has 29 heavy (non-hydrogen) atoms. The third-order valence-corrected chi connectivity index (χ3v) is 4.71. The Morgan fingerprint density at radius 2 is 1.79 bits per heavy atom. The summed E-state index contributed by atoms with van der Waals surface area (Å²) in [7, 11) is 3.20. The van der Waals surface area contributed by atoms with Crippen molar-refractivity contribution in [2.24, 2.45) is 0 Å². The predicted octanol–water partition coefficient (Wildman–Crippen LogP) is 4.42. The van der Waals surface area contributed by atoms with Gasteiger partial charge in [-0.15, -0.1) is 11.3 Å². The molecule has 8 heteroatoms. The molecule has 0 aliphatic heterocycles. The van der Waals surface area contributed by atoms with Crippen molar-refractivity contribution in [1.29, 1.82) is 0 Å². The van der Waals surface area contributed by atoms with E-state index in [0.717, 1.165) is 16.6 Å². The fourth-order valence-corrected chi connectivity index (χ4v) is 3.15. The van der Waals surface area contributed by atoms with Gasteiger partial charge in [-0.05, 0) is 36.4 Å². The number of nitrogens with one attached hydrogen (secondary N) is 1. The van der Waals surface area contributed by atoms with Crippen LogP contribution in [0.15, 0.2) is 53.9 Å². The van der Waals surface area contributed by atoms with Crippen LogP contribution >= 0.6 is 11.3 Å².